The van der Waals surface area contributed by atoms with Gasteiger partial charge in [0.05, 0.1) is 17.8 Å². The SMILES string of the molecule is CN1C(O)[C@@](C)(c2ccc(Nc3nc(-c4c(F)cccc4F)nc4c3C(=O)NC4)cc2)CC1(C)C. The van der Waals surface area contributed by atoms with Gasteiger partial charge in [0, 0.05) is 16.6 Å². The van der Waals surface area contributed by atoms with Crippen LogP contribution in [0.4, 0.5) is 20.3 Å². The topological polar surface area (TPSA) is 90.4 Å². The van der Waals surface area contributed by atoms with Crippen LogP contribution in [0.15, 0.2) is 42.5 Å². The summed E-state index contributed by atoms with van der Waals surface area (Å²) in [4.78, 5) is 23.0. The van der Waals surface area contributed by atoms with Gasteiger partial charge in [0.1, 0.15) is 29.2 Å². The van der Waals surface area contributed by atoms with E-state index in [9.17, 15) is 18.7 Å². The second-order valence-corrected chi connectivity index (χ2v) is 10.1. The molecule has 3 N–H and O–H groups in total. The van der Waals surface area contributed by atoms with E-state index in [1.165, 1.54) is 6.07 Å². The minimum absolute atomic E-state index is 0.137. The quantitative estimate of drug-likeness (QED) is 0.522. The smallest absolute Gasteiger partial charge is 0.257 e. The van der Waals surface area contributed by atoms with Crippen molar-refractivity contribution in [3.05, 3.63) is 70.9 Å². The number of aliphatic hydroxyl groups is 1. The van der Waals surface area contributed by atoms with Crippen molar-refractivity contribution in [2.75, 3.05) is 12.4 Å². The number of aliphatic hydroxyl groups excluding tert-OH is 1. The van der Waals surface area contributed by atoms with Gasteiger partial charge in [-0.2, -0.15) is 0 Å². The number of rotatable bonds is 4. The Bertz CT molecular complexity index is 1310. The predicted octanol–water partition coefficient (Wildman–Crippen LogP) is 4.10. The molecule has 0 aliphatic carbocycles. The number of likely N-dealkylation sites (N-methyl/N-ethyl adjacent to an activating group) is 1. The monoisotopic (exact) mass is 479 g/mol. The van der Waals surface area contributed by atoms with E-state index in [4.69, 9.17) is 0 Å². The molecule has 7 nitrogen and oxygen atoms in total. The van der Waals surface area contributed by atoms with Crippen molar-refractivity contribution < 1.29 is 18.7 Å². The van der Waals surface area contributed by atoms with Crippen LogP contribution in [0.3, 0.4) is 0 Å². The van der Waals surface area contributed by atoms with E-state index in [1.54, 1.807) is 0 Å². The van der Waals surface area contributed by atoms with Crippen LogP contribution in [0.25, 0.3) is 11.4 Å². The lowest BCUT2D eigenvalue weighted by Gasteiger charge is -2.31. The fourth-order valence-electron chi connectivity index (χ4n) is 5.24. The Morgan fingerprint density at radius 3 is 2.31 bits per heavy atom. The number of aromatic nitrogens is 2. The van der Waals surface area contributed by atoms with Gasteiger partial charge in [-0.1, -0.05) is 25.1 Å². The number of benzene rings is 2. The number of anilines is 2. The summed E-state index contributed by atoms with van der Waals surface area (Å²) >= 11 is 0. The highest BCUT2D eigenvalue weighted by molar-refractivity contribution is 6.03. The maximum Gasteiger partial charge on any atom is 0.257 e. The summed E-state index contributed by atoms with van der Waals surface area (Å²) in [7, 11) is 1.92. The van der Waals surface area contributed by atoms with Gasteiger partial charge in [0.15, 0.2) is 5.82 Å². The summed E-state index contributed by atoms with van der Waals surface area (Å²) in [5, 5.41) is 16.7. The number of hydrogen-bond donors (Lipinski definition) is 3. The zero-order chi connectivity index (χ0) is 25.1. The van der Waals surface area contributed by atoms with E-state index in [1.807, 2.05) is 43.1 Å². The molecule has 1 aromatic heterocycles. The summed E-state index contributed by atoms with van der Waals surface area (Å²) in [6, 6.07) is 11.1. The maximum absolute atomic E-state index is 14.4. The normalized spacial score (nSPS) is 23.3. The highest BCUT2D eigenvalue weighted by Gasteiger charge is 2.51. The predicted molar refractivity (Wildman–Crippen MR) is 128 cm³/mol. The van der Waals surface area contributed by atoms with Crippen LogP contribution in [0.1, 0.15) is 48.8 Å². The minimum Gasteiger partial charge on any atom is -0.377 e. The van der Waals surface area contributed by atoms with Gasteiger partial charge in [-0.3, -0.25) is 9.69 Å². The molecular formula is C26H27F2N5O2. The molecule has 9 heteroatoms. The summed E-state index contributed by atoms with van der Waals surface area (Å²) in [5.41, 5.74) is 1.28. The number of likely N-dealkylation sites (tertiary alicyclic amines) is 1. The molecule has 1 saturated heterocycles. The van der Waals surface area contributed by atoms with Crippen LogP contribution in [0.2, 0.25) is 0 Å². The van der Waals surface area contributed by atoms with Crippen LogP contribution in [0.5, 0.6) is 0 Å². The molecule has 0 saturated carbocycles. The molecule has 1 unspecified atom stereocenters. The van der Waals surface area contributed by atoms with Crippen molar-refractivity contribution in [2.24, 2.45) is 0 Å². The van der Waals surface area contributed by atoms with Crippen molar-refractivity contribution in [1.82, 2.24) is 20.2 Å². The lowest BCUT2D eigenvalue weighted by molar-refractivity contribution is -0.0141. The first-order valence-corrected chi connectivity index (χ1v) is 11.4. The number of carbonyl (C=O) groups excluding carboxylic acids is 1. The van der Waals surface area contributed by atoms with Gasteiger partial charge >= 0.3 is 0 Å². The largest absolute Gasteiger partial charge is 0.377 e. The molecule has 1 fully saturated rings. The van der Waals surface area contributed by atoms with Crippen molar-refractivity contribution in [2.45, 2.75) is 50.9 Å². The third kappa shape index (κ3) is 3.75. The highest BCUT2D eigenvalue weighted by atomic mass is 19.1. The Balaban J connectivity index is 1.50. The number of nitrogens with one attached hydrogen (secondary N) is 2. The highest BCUT2D eigenvalue weighted by Crippen LogP contribution is 2.46. The Morgan fingerprint density at radius 1 is 1.06 bits per heavy atom. The molecule has 2 aliphatic rings. The second kappa shape index (κ2) is 8.07. The number of fused-ring (bicyclic) bond motifs is 1. The van der Waals surface area contributed by atoms with E-state index in [2.05, 4.69) is 34.4 Å². The van der Waals surface area contributed by atoms with Crippen LogP contribution >= 0.6 is 0 Å². The number of halogens is 2. The van der Waals surface area contributed by atoms with Gasteiger partial charge in [0.25, 0.3) is 5.91 Å². The molecule has 3 heterocycles. The number of nitrogens with zero attached hydrogens (tertiary/aromatic N) is 3. The van der Waals surface area contributed by atoms with Gasteiger partial charge in [0.2, 0.25) is 0 Å². The molecule has 0 spiro atoms. The average Bonchev–Trinajstić information content (AvgIpc) is 3.25. The molecular weight excluding hydrogens is 452 g/mol. The van der Waals surface area contributed by atoms with Crippen molar-refractivity contribution in [3.63, 3.8) is 0 Å². The molecule has 5 rings (SSSR count). The van der Waals surface area contributed by atoms with Crippen molar-refractivity contribution in [1.29, 1.82) is 0 Å². The average molecular weight is 480 g/mol. The molecule has 1 amide bonds. The first-order chi connectivity index (χ1) is 16.5. The lowest BCUT2D eigenvalue weighted by atomic mass is 9.77. The number of amides is 1. The zero-order valence-corrected chi connectivity index (χ0v) is 20.0. The Morgan fingerprint density at radius 2 is 1.71 bits per heavy atom. The van der Waals surface area contributed by atoms with Crippen LogP contribution in [-0.2, 0) is 12.0 Å². The summed E-state index contributed by atoms with van der Waals surface area (Å²) in [6.45, 7) is 6.40. The standard InChI is InChI=1S/C26H27F2N5O2/c1-25(2)13-26(3,24(35)33(25)4)14-8-10-15(11-9-14)30-22-20-18(12-29-23(20)34)31-21(32-22)19-16(27)6-5-7-17(19)28/h5-11,24,35H,12-13H2,1-4H3,(H,29,34)(H,30,31,32)/t24?,26-/m1/s1. The molecule has 0 bridgehead atoms. The van der Waals surface area contributed by atoms with E-state index in [0.717, 1.165) is 24.1 Å². The Kier molecular flexibility index (Phi) is 5.37. The van der Waals surface area contributed by atoms with E-state index < -0.39 is 23.3 Å². The molecule has 3 aromatic rings. The fraction of sp³-hybridized carbons (Fsp3) is 0.346. The summed E-state index contributed by atoms with van der Waals surface area (Å²) < 4.78 is 28.8. The van der Waals surface area contributed by atoms with E-state index in [0.29, 0.717) is 11.4 Å². The third-order valence-electron chi connectivity index (χ3n) is 7.31. The molecule has 2 aromatic carbocycles. The maximum atomic E-state index is 14.4. The summed E-state index contributed by atoms with van der Waals surface area (Å²) in [5.74, 6) is -1.89. The van der Waals surface area contributed by atoms with Gasteiger partial charge in [-0.05, 0) is 57.1 Å². The summed E-state index contributed by atoms with van der Waals surface area (Å²) in [6.07, 6.45) is 0.144. The zero-order valence-electron chi connectivity index (χ0n) is 20.0. The Hall–Kier alpha value is -3.43. The number of hydrogen-bond acceptors (Lipinski definition) is 6. The Labute approximate surface area is 202 Å². The third-order valence-corrected chi connectivity index (χ3v) is 7.31. The lowest BCUT2D eigenvalue weighted by Crippen LogP contribution is -2.42. The van der Waals surface area contributed by atoms with Crippen molar-refractivity contribution in [3.8, 4) is 11.4 Å². The van der Waals surface area contributed by atoms with E-state index in [-0.39, 0.29) is 40.8 Å². The molecule has 0 radical (unpaired) electrons. The van der Waals surface area contributed by atoms with Crippen LogP contribution < -0.4 is 10.6 Å². The van der Waals surface area contributed by atoms with Gasteiger partial charge in [-0.15, -0.1) is 0 Å². The first kappa shape index (κ1) is 23.3. The first-order valence-electron chi connectivity index (χ1n) is 11.4. The number of carbonyl (C=O) groups is 1. The molecule has 2 aliphatic heterocycles. The van der Waals surface area contributed by atoms with Gasteiger partial charge in [-0.25, -0.2) is 18.7 Å². The van der Waals surface area contributed by atoms with Crippen LogP contribution in [-0.4, -0.2) is 44.7 Å². The molecule has 35 heavy (non-hydrogen) atoms. The fourth-order valence-corrected chi connectivity index (χ4v) is 5.24. The van der Waals surface area contributed by atoms with Gasteiger partial charge < -0.3 is 15.7 Å². The second-order valence-electron chi connectivity index (χ2n) is 10.1. The van der Waals surface area contributed by atoms with Crippen molar-refractivity contribution >= 4 is 17.4 Å². The molecule has 182 valence electrons. The van der Waals surface area contributed by atoms with E-state index >= 15 is 0 Å². The molecule has 2 atom stereocenters. The van der Waals surface area contributed by atoms with Crippen LogP contribution in [0, 0.1) is 11.6 Å². The minimum atomic E-state index is -0.784.